The second kappa shape index (κ2) is 11.3. The number of furan rings is 1. The maximum absolute atomic E-state index is 12.6. The first-order valence-electron chi connectivity index (χ1n) is 11.7. The first-order valence-corrected chi connectivity index (χ1v) is 14.0. The van der Waals surface area contributed by atoms with Gasteiger partial charge in [0.25, 0.3) is 0 Å². The van der Waals surface area contributed by atoms with Crippen LogP contribution in [0.1, 0.15) is 33.1 Å². The summed E-state index contributed by atoms with van der Waals surface area (Å²) in [5.41, 5.74) is 8.23. The van der Waals surface area contributed by atoms with Crippen molar-refractivity contribution in [3.05, 3.63) is 114 Å². The summed E-state index contributed by atoms with van der Waals surface area (Å²) in [7, 11) is 0. The third-order valence-corrected chi connectivity index (χ3v) is 7.59. The zero-order chi connectivity index (χ0) is 26.8. The Bertz CT molecular complexity index is 1650. The molecule has 0 saturated carbocycles. The first kappa shape index (κ1) is 26.5. The van der Waals surface area contributed by atoms with E-state index >= 15 is 0 Å². The van der Waals surface area contributed by atoms with Crippen LogP contribution in [0.2, 0.25) is 0 Å². The number of ether oxygens (including phenoxy) is 1. The summed E-state index contributed by atoms with van der Waals surface area (Å²) in [6, 6.07) is 23.5. The van der Waals surface area contributed by atoms with Crippen LogP contribution in [-0.4, -0.2) is 16.7 Å². The number of nitrogens with one attached hydrogen (secondary N) is 1. The van der Waals surface area contributed by atoms with Crippen molar-refractivity contribution in [2.45, 2.75) is 20.5 Å². The minimum Gasteiger partial charge on any atom is -0.489 e. The highest BCUT2D eigenvalue weighted by molar-refractivity contribution is 9.11. The molecule has 192 valence electrons. The molecule has 0 radical (unpaired) electrons. The summed E-state index contributed by atoms with van der Waals surface area (Å²) in [5, 5.41) is 4.98. The highest BCUT2D eigenvalue weighted by Gasteiger charge is 2.15. The van der Waals surface area contributed by atoms with E-state index in [0.29, 0.717) is 12.2 Å². The van der Waals surface area contributed by atoms with Gasteiger partial charge in [0.15, 0.2) is 5.76 Å². The van der Waals surface area contributed by atoms with Crippen molar-refractivity contribution in [2.75, 3.05) is 0 Å². The summed E-state index contributed by atoms with van der Waals surface area (Å²) in [6.07, 6.45) is 1.64. The van der Waals surface area contributed by atoms with Crippen molar-refractivity contribution in [3.8, 4) is 11.4 Å². The van der Waals surface area contributed by atoms with Crippen LogP contribution < -0.4 is 10.2 Å². The summed E-state index contributed by atoms with van der Waals surface area (Å²) < 4.78 is 16.5. The summed E-state index contributed by atoms with van der Waals surface area (Å²) in [5.74, 6) is 0.561. The van der Waals surface area contributed by atoms with E-state index in [1.165, 1.54) is 0 Å². The lowest BCUT2D eigenvalue weighted by molar-refractivity contribution is 0.0929. The van der Waals surface area contributed by atoms with Gasteiger partial charge in [-0.25, -0.2) is 5.43 Å². The molecule has 38 heavy (non-hydrogen) atoms. The minimum absolute atomic E-state index is 0.184. The average Bonchev–Trinajstić information content (AvgIpc) is 3.45. The predicted molar refractivity (Wildman–Crippen MR) is 160 cm³/mol. The Hall–Kier alpha value is -3.14. The molecule has 0 aliphatic rings. The van der Waals surface area contributed by atoms with Gasteiger partial charge in [0.2, 0.25) is 0 Å². The number of aromatic nitrogens is 1. The van der Waals surface area contributed by atoms with Crippen LogP contribution in [0.15, 0.2) is 95.7 Å². The molecule has 0 unspecified atom stereocenters. The van der Waals surface area contributed by atoms with Crippen LogP contribution in [-0.2, 0) is 6.61 Å². The number of hydrogen-bond donors (Lipinski definition) is 1. The van der Waals surface area contributed by atoms with Gasteiger partial charge >= 0.3 is 5.91 Å². The van der Waals surface area contributed by atoms with Gasteiger partial charge in [-0.3, -0.25) is 4.79 Å². The van der Waals surface area contributed by atoms with Crippen LogP contribution in [0.5, 0.6) is 5.75 Å². The van der Waals surface area contributed by atoms with Crippen molar-refractivity contribution in [1.29, 1.82) is 0 Å². The molecule has 0 aliphatic heterocycles. The van der Waals surface area contributed by atoms with Gasteiger partial charge in [0.05, 0.1) is 10.7 Å². The number of rotatable bonds is 7. The molecule has 2 heterocycles. The van der Waals surface area contributed by atoms with Gasteiger partial charge in [-0.1, -0.05) is 44.0 Å². The number of carbonyl (C=O) groups excluding carboxylic acids is 1. The molecule has 1 N–H and O–H groups in total. The van der Waals surface area contributed by atoms with Crippen LogP contribution in [0, 0.1) is 13.8 Å². The number of hydrazone groups is 1. The van der Waals surface area contributed by atoms with Crippen LogP contribution >= 0.6 is 47.8 Å². The number of amides is 1. The van der Waals surface area contributed by atoms with Crippen molar-refractivity contribution in [3.63, 3.8) is 0 Å². The van der Waals surface area contributed by atoms with Gasteiger partial charge < -0.3 is 13.7 Å². The topological polar surface area (TPSA) is 68.8 Å². The number of halogens is 3. The highest BCUT2D eigenvalue weighted by atomic mass is 79.9. The number of nitrogens with zero attached hydrogens (tertiary/aromatic N) is 2. The lowest BCUT2D eigenvalue weighted by atomic mass is 10.2. The molecule has 5 rings (SSSR count). The summed E-state index contributed by atoms with van der Waals surface area (Å²) >= 11 is 10.4. The monoisotopic (exact) mass is 697 g/mol. The third kappa shape index (κ3) is 5.80. The standard InChI is InChI=1S/C29H22Br3N3O3/c1-17-11-21(15-33-34-29(36)27-13-20-12-23(31)14-26(32)28(20)38-27)18(2)35(17)24-7-9-25(10-8-24)37-16-19-3-5-22(30)6-4-19/h3-15H,16H2,1-2H3,(H,34,36)/b33-15-. The van der Waals surface area contributed by atoms with Gasteiger partial charge in [0.1, 0.15) is 17.9 Å². The van der Waals surface area contributed by atoms with E-state index < -0.39 is 5.91 Å². The van der Waals surface area contributed by atoms with Crippen molar-refractivity contribution < 1.29 is 13.9 Å². The van der Waals surface area contributed by atoms with Crippen molar-refractivity contribution in [2.24, 2.45) is 5.10 Å². The van der Waals surface area contributed by atoms with Crippen LogP contribution in [0.4, 0.5) is 0 Å². The fourth-order valence-corrected chi connectivity index (χ4v) is 5.76. The van der Waals surface area contributed by atoms with E-state index in [0.717, 1.165) is 52.8 Å². The maximum atomic E-state index is 12.6. The fraction of sp³-hybridized carbons (Fsp3) is 0.103. The SMILES string of the molecule is Cc1cc(/C=N\NC(=O)c2cc3cc(Br)cc(Br)c3o2)c(C)n1-c1ccc(OCc2ccc(Br)cc2)cc1. The van der Waals surface area contributed by atoms with E-state index in [9.17, 15) is 4.79 Å². The van der Waals surface area contributed by atoms with E-state index in [4.69, 9.17) is 9.15 Å². The van der Waals surface area contributed by atoms with Crippen molar-refractivity contribution >= 4 is 70.9 Å². The van der Waals surface area contributed by atoms with E-state index in [2.05, 4.69) is 62.9 Å². The second-order valence-electron chi connectivity index (χ2n) is 8.69. The second-order valence-corrected chi connectivity index (χ2v) is 11.4. The quantitative estimate of drug-likeness (QED) is 0.137. The summed E-state index contributed by atoms with van der Waals surface area (Å²) in [4.78, 5) is 12.6. The molecule has 9 heteroatoms. The minimum atomic E-state index is -0.423. The van der Waals surface area contributed by atoms with Gasteiger partial charge in [-0.15, -0.1) is 0 Å². The molecule has 0 saturated heterocycles. The molecule has 0 bridgehead atoms. The molecule has 5 aromatic rings. The highest BCUT2D eigenvalue weighted by Crippen LogP contribution is 2.31. The van der Waals surface area contributed by atoms with E-state index in [1.54, 1.807) is 12.3 Å². The van der Waals surface area contributed by atoms with E-state index in [-0.39, 0.29) is 5.76 Å². The smallest absolute Gasteiger partial charge is 0.307 e. The normalized spacial score (nSPS) is 11.4. The van der Waals surface area contributed by atoms with Gasteiger partial charge in [0, 0.05) is 37.0 Å². The zero-order valence-corrected chi connectivity index (χ0v) is 25.2. The Morgan fingerprint density at radius 3 is 2.45 bits per heavy atom. The third-order valence-electron chi connectivity index (χ3n) is 6.01. The van der Waals surface area contributed by atoms with Crippen molar-refractivity contribution in [1.82, 2.24) is 9.99 Å². The number of carbonyl (C=O) groups is 1. The lowest BCUT2D eigenvalue weighted by Gasteiger charge is -2.11. The number of fused-ring (bicyclic) bond motifs is 1. The molecule has 0 fully saturated rings. The van der Waals surface area contributed by atoms with Crippen LogP contribution in [0.3, 0.4) is 0 Å². The van der Waals surface area contributed by atoms with Crippen LogP contribution in [0.25, 0.3) is 16.7 Å². The fourth-order valence-electron chi connectivity index (χ4n) is 4.16. The Labute approximate surface area is 245 Å². The predicted octanol–water partition coefficient (Wildman–Crippen LogP) is 8.47. The van der Waals surface area contributed by atoms with E-state index in [1.807, 2.05) is 80.6 Å². The Morgan fingerprint density at radius 2 is 1.71 bits per heavy atom. The Morgan fingerprint density at radius 1 is 0.974 bits per heavy atom. The largest absolute Gasteiger partial charge is 0.489 e. The summed E-state index contributed by atoms with van der Waals surface area (Å²) in [6.45, 7) is 4.55. The number of aryl methyl sites for hydroxylation is 1. The Balaban J connectivity index is 1.25. The molecule has 0 aliphatic carbocycles. The molecule has 0 spiro atoms. The molecular formula is C29H22Br3N3O3. The number of hydrogen-bond acceptors (Lipinski definition) is 4. The molecule has 1 amide bonds. The molecular weight excluding hydrogens is 678 g/mol. The Kier molecular flexibility index (Phi) is 7.88. The molecule has 3 aromatic carbocycles. The molecule has 0 atom stereocenters. The van der Waals surface area contributed by atoms with Gasteiger partial charge in [-0.05, 0) is 96.0 Å². The molecule has 6 nitrogen and oxygen atoms in total. The number of benzene rings is 3. The maximum Gasteiger partial charge on any atom is 0.307 e. The molecule has 2 aromatic heterocycles. The first-order chi connectivity index (χ1) is 18.3. The average molecular weight is 700 g/mol. The lowest BCUT2D eigenvalue weighted by Crippen LogP contribution is -2.16. The van der Waals surface area contributed by atoms with Gasteiger partial charge in [-0.2, -0.15) is 5.10 Å². The zero-order valence-electron chi connectivity index (χ0n) is 20.5.